The molecule has 0 unspecified atom stereocenters. The van der Waals surface area contributed by atoms with Crippen molar-refractivity contribution in [2.24, 2.45) is 0 Å². The van der Waals surface area contributed by atoms with Crippen molar-refractivity contribution in [3.8, 4) is 11.3 Å². The van der Waals surface area contributed by atoms with Crippen molar-refractivity contribution in [3.63, 3.8) is 0 Å². The third kappa shape index (κ3) is 4.34. The van der Waals surface area contributed by atoms with Crippen LogP contribution in [0.15, 0.2) is 55.1 Å². The first-order chi connectivity index (χ1) is 15.6. The highest BCUT2D eigenvalue weighted by atomic mass is 16.1. The van der Waals surface area contributed by atoms with E-state index in [1.807, 2.05) is 49.5 Å². The van der Waals surface area contributed by atoms with Crippen molar-refractivity contribution in [2.45, 2.75) is 13.3 Å². The summed E-state index contributed by atoms with van der Waals surface area (Å²) in [6, 6.07) is 11.8. The quantitative estimate of drug-likeness (QED) is 0.415. The summed E-state index contributed by atoms with van der Waals surface area (Å²) in [4.78, 5) is 30.1. The minimum atomic E-state index is -0.142. The monoisotopic (exact) mass is 427 g/mol. The van der Waals surface area contributed by atoms with Crippen molar-refractivity contribution in [3.05, 3.63) is 71.9 Å². The van der Waals surface area contributed by atoms with Gasteiger partial charge >= 0.3 is 0 Å². The molecule has 0 saturated heterocycles. The highest BCUT2D eigenvalue weighted by Crippen LogP contribution is 2.27. The van der Waals surface area contributed by atoms with Crippen LogP contribution in [0, 0.1) is 6.92 Å². The maximum Gasteiger partial charge on any atom is 0.253 e. The van der Waals surface area contributed by atoms with Gasteiger partial charge in [0.15, 0.2) is 0 Å². The summed E-state index contributed by atoms with van der Waals surface area (Å²) in [5, 5.41) is 9.95. The fourth-order valence-corrected chi connectivity index (χ4v) is 3.60. The normalized spacial score (nSPS) is 10.7. The predicted octanol–water partition coefficient (Wildman–Crippen LogP) is 3.45. The average Bonchev–Trinajstić information content (AvgIpc) is 2.83. The van der Waals surface area contributed by atoms with E-state index >= 15 is 0 Å². The van der Waals surface area contributed by atoms with E-state index in [4.69, 9.17) is 0 Å². The first-order valence-corrected chi connectivity index (χ1v) is 10.4. The molecule has 8 nitrogen and oxygen atoms in total. The smallest absolute Gasteiger partial charge is 0.253 e. The van der Waals surface area contributed by atoms with Crippen molar-refractivity contribution in [1.82, 2.24) is 25.3 Å². The fraction of sp³-hybridized carbons (Fsp3) is 0.208. The topological polar surface area (TPSA) is 105 Å². The number of anilines is 2. The number of carbonyl (C=O) groups is 1. The van der Waals surface area contributed by atoms with Crippen LogP contribution in [-0.4, -0.2) is 46.5 Å². The number of fused-ring (bicyclic) bond motifs is 1. The number of hydrogen-bond acceptors (Lipinski definition) is 7. The van der Waals surface area contributed by atoms with E-state index < -0.39 is 0 Å². The van der Waals surface area contributed by atoms with Crippen LogP contribution < -0.4 is 16.0 Å². The van der Waals surface area contributed by atoms with Gasteiger partial charge < -0.3 is 16.0 Å². The average molecular weight is 428 g/mol. The fourth-order valence-electron chi connectivity index (χ4n) is 3.60. The van der Waals surface area contributed by atoms with Gasteiger partial charge in [0.05, 0.1) is 28.7 Å². The van der Waals surface area contributed by atoms with E-state index in [1.54, 1.807) is 26.6 Å². The Kier molecular flexibility index (Phi) is 6.21. The molecular weight excluding hydrogens is 402 g/mol. The third-order valence-electron chi connectivity index (χ3n) is 5.28. The molecule has 3 heterocycles. The van der Waals surface area contributed by atoms with E-state index in [0.717, 1.165) is 45.7 Å². The van der Waals surface area contributed by atoms with Crippen LogP contribution >= 0.6 is 0 Å². The van der Waals surface area contributed by atoms with Gasteiger partial charge in [0.25, 0.3) is 5.91 Å². The van der Waals surface area contributed by atoms with Crippen LogP contribution in [-0.2, 0) is 6.42 Å². The molecular formula is C24H25N7O. The second kappa shape index (κ2) is 9.38. The van der Waals surface area contributed by atoms with Gasteiger partial charge in [-0.1, -0.05) is 18.2 Å². The standard InChI is InChI=1S/C24H25N7O/c1-15-7-8-17(12-28-15)19-11-21(31-14-30-19)27-10-9-16-5-4-6-18-22(24(32)26-3)20(25-2)13-29-23(16)18/h4-8,11-14,25H,9-10H2,1-3H3,(H,26,32)(H,27,30,31). The first-order valence-electron chi connectivity index (χ1n) is 10.4. The molecule has 8 heteroatoms. The van der Waals surface area contributed by atoms with E-state index in [0.29, 0.717) is 17.8 Å². The largest absolute Gasteiger partial charge is 0.386 e. The van der Waals surface area contributed by atoms with Crippen molar-refractivity contribution in [2.75, 3.05) is 31.3 Å². The van der Waals surface area contributed by atoms with Gasteiger partial charge in [-0.05, 0) is 31.0 Å². The lowest BCUT2D eigenvalue weighted by molar-refractivity contribution is 0.0965. The Balaban J connectivity index is 1.53. The lowest BCUT2D eigenvalue weighted by Crippen LogP contribution is -2.20. The molecule has 0 bridgehead atoms. The molecule has 0 aliphatic carbocycles. The number of aromatic nitrogens is 4. The SMILES string of the molecule is CNC(=O)c1c(NC)cnc2c(CCNc3cc(-c4ccc(C)nc4)ncn3)cccc12. The van der Waals surface area contributed by atoms with Crippen LogP contribution in [0.4, 0.5) is 11.5 Å². The number of nitrogens with zero attached hydrogens (tertiary/aromatic N) is 4. The molecule has 1 aromatic carbocycles. The second-order valence-electron chi connectivity index (χ2n) is 7.34. The maximum absolute atomic E-state index is 12.5. The van der Waals surface area contributed by atoms with Gasteiger partial charge in [0, 0.05) is 49.5 Å². The lowest BCUT2D eigenvalue weighted by Gasteiger charge is -2.13. The molecule has 4 rings (SSSR count). The molecule has 0 atom stereocenters. The molecule has 0 aliphatic rings. The molecule has 162 valence electrons. The van der Waals surface area contributed by atoms with E-state index in [1.165, 1.54) is 0 Å². The number of hydrogen-bond donors (Lipinski definition) is 3. The molecule has 32 heavy (non-hydrogen) atoms. The number of benzene rings is 1. The zero-order valence-electron chi connectivity index (χ0n) is 18.3. The molecule has 0 aliphatic heterocycles. The van der Waals surface area contributed by atoms with E-state index in [2.05, 4.69) is 35.9 Å². The van der Waals surface area contributed by atoms with Gasteiger partial charge in [-0.3, -0.25) is 14.8 Å². The minimum absolute atomic E-state index is 0.142. The molecule has 3 aromatic heterocycles. The minimum Gasteiger partial charge on any atom is -0.386 e. The van der Waals surface area contributed by atoms with Gasteiger partial charge in [-0.2, -0.15) is 0 Å². The number of carbonyl (C=O) groups excluding carboxylic acids is 1. The number of rotatable bonds is 7. The maximum atomic E-state index is 12.5. The Morgan fingerprint density at radius 2 is 1.88 bits per heavy atom. The lowest BCUT2D eigenvalue weighted by atomic mass is 10.0. The summed E-state index contributed by atoms with van der Waals surface area (Å²) in [5.41, 5.74) is 5.90. The Labute approximate surface area is 186 Å². The summed E-state index contributed by atoms with van der Waals surface area (Å²) in [5.74, 6) is 0.600. The number of pyridine rings is 2. The number of para-hydroxylation sites is 1. The van der Waals surface area contributed by atoms with Crippen LogP contribution in [0.3, 0.4) is 0 Å². The predicted molar refractivity (Wildman–Crippen MR) is 127 cm³/mol. The van der Waals surface area contributed by atoms with E-state index in [-0.39, 0.29) is 5.91 Å². The van der Waals surface area contributed by atoms with Gasteiger partial charge in [-0.25, -0.2) is 9.97 Å². The molecule has 0 spiro atoms. The summed E-state index contributed by atoms with van der Waals surface area (Å²) in [7, 11) is 3.41. The van der Waals surface area contributed by atoms with E-state index in [9.17, 15) is 4.79 Å². The van der Waals surface area contributed by atoms with Crippen molar-refractivity contribution >= 4 is 28.3 Å². The summed E-state index contributed by atoms with van der Waals surface area (Å²) in [6.45, 7) is 2.61. The number of aryl methyl sites for hydroxylation is 1. The molecule has 0 fully saturated rings. The molecule has 0 radical (unpaired) electrons. The van der Waals surface area contributed by atoms with Crippen LogP contribution in [0.25, 0.3) is 22.2 Å². The van der Waals surface area contributed by atoms with Gasteiger partial charge in [0.2, 0.25) is 0 Å². The molecule has 4 aromatic rings. The van der Waals surface area contributed by atoms with Crippen LogP contribution in [0.5, 0.6) is 0 Å². The summed E-state index contributed by atoms with van der Waals surface area (Å²) >= 11 is 0. The molecule has 0 saturated carbocycles. The van der Waals surface area contributed by atoms with Crippen molar-refractivity contribution in [1.29, 1.82) is 0 Å². The summed E-state index contributed by atoms with van der Waals surface area (Å²) in [6.07, 6.45) is 5.79. The Hall–Kier alpha value is -4.07. The number of nitrogens with one attached hydrogen (secondary N) is 3. The second-order valence-corrected chi connectivity index (χ2v) is 7.34. The Morgan fingerprint density at radius 1 is 1.00 bits per heavy atom. The molecule has 3 N–H and O–H groups in total. The zero-order valence-corrected chi connectivity index (χ0v) is 18.3. The van der Waals surface area contributed by atoms with Gasteiger partial charge in [-0.15, -0.1) is 0 Å². The Bertz CT molecular complexity index is 1260. The summed E-state index contributed by atoms with van der Waals surface area (Å²) < 4.78 is 0. The third-order valence-corrected chi connectivity index (χ3v) is 5.28. The Morgan fingerprint density at radius 3 is 2.62 bits per heavy atom. The van der Waals surface area contributed by atoms with Gasteiger partial charge in [0.1, 0.15) is 12.1 Å². The highest BCUT2D eigenvalue weighted by Gasteiger charge is 2.16. The van der Waals surface area contributed by atoms with Crippen molar-refractivity contribution < 1.29 is 4.79 Å². The van der Waals surface area contributed by atoms with Crippen LogP contribution in [0.2, 0.25) is 0 Å². The zero-order chi connectivity index (χ0) is 22.5. The highest BCUT2D eigenvalue weighted by molar-refractivity contribution is 6.11. The van der Waals surface area contributed by atoms with Crippen LogP contribution in [0.1, 0.15) is 21.6 Å². The molecule has 1 amide bonds. The first kappa shape index (κ1) is 21.2. The number of amides is 1.